The van der Waals surface area contributed by atoms with E-state index in [-0.39, 0.29) is 5.75 Å². The van der Waals surface area contributed by atoms with Crippen LogP contribution in [0, 0.1) is 0 Å². The van der Waals surface area contributed by atoms with E-state index in [4.69, 9.17) is 0 Å². The molecule has 1 N–H and O–H groups in total. The topological polar surface area (TPSA) is 64.0 Å². The lowest BCUT2D eigenvalue weighted by atomic mass is 10.2. The van der Waals surface area contributed by atoms with Crippen molar-refractivity contribution in [3.05, 3.63) is 84.2 Å². The lowest BCUT2D eigenvalue weighted by molar-refractivity contribution is 0.581. The molecule has 0 radical (unpaired) electrons. The summed E-state index contributed by atoms with van der Waals surface area (Å²) in [6.45, 7) is 0.357. The number of rotatable bonds is 7. The molecular weight excluding hydrogens is 322 g/mol. The summed E-state index contributed by atoms with van der Waals surface area (Å²) < 4.78 is 28.6. The van der Waals surface area contributed by atoms with Crippen LogP contribution in [-0.4, -0.2) is 24.7 Å². The van der Waals surface area contributed by atoms with Gasteiger partial charge in [-0.2, -0.15) is 5.10 Å². The van der Waals surface area contributed by atoms with Gasteiger partial charge in [-0.05, 0) is 29.7 Å². The first-order chi connectivity index (χ1) is 11.6. The molecular formula is C18H19N3O2S. The first-order valence-corrected chi connectivity index (χ1v) is 9.38. The predicted molar refractivity (Wildman–Crippen MR) is 94.3 cm³/mol. The van der Waals surface area contributed by atoms with Gasteiger partial charge in [-0.25, -0.2) is 17.8 Å². The van der Waals surface area contributed by atoms with Gasteiger partial charge in [0.1, 0.15) is 0 Å². The molecule has 0 aliphatic rings. The quantitative estimate of drug-likeness (QED) is 0.718. The maximum atomic E-state index is 12.1. The highest BCUT2D eigenvalue weighted by atomic mass is 32.2. The molecule has 3 rings (SSSR count). The molecule has 0 aliphatic heterocycles. The number of hydrogen-bond acceptors (Lipinski definition) is 3. The second-order valence-electron chi connectivity index (χ2n) is 5.52. The summed E-state index contributed by atoms with van der Waals surface area (Å²) in [6, 6.07) is 19.0. The average molecular weight is 341 g/mol. The molecule has 0 spiro atoms. The van der Waals surface area contributed by atoms with Crippen molar-refractivity contribution in [3.8, 4) is 5.69 Å². The minimum Gasteiger partial charge on any atom is -0.241 e. The molecule has 0 amide bonds. The second kappa shape index (κ2) is 7.42. The molecule has 2 aromatic carbocycles. The fourth-order valence-corrected chi connectivity index (χ4v) is 3.55. The molecule has 0 unspecified atom stereocenters. The van der Waals surface area contributed by atoms with Gasteiger partial charge in [0.25, 0.3) is 0 Å². The fraction of sp³-hybridized carbons (Fsp3) is 0.167. The van der Waals surface area contributed by atoms with Gasteiger partial charge < -0.3 is 0 Å². The molecule has 1 heterocycles. The molecule has 0 bridgehead atoms. The smallest absolute Gasteiger partial charge is 0.215 e. The van der Waals surface area contributed by atoms with Gasteiger partial charge in [0.2, 0.25) is 10.0 Å². The van der Waals surface area contributed by atoms with E-state index in [1.54, 1.807) is 10.9 Å². The number of hydrogen-bond donors (Lipinski definition) is 1. The highest BCUT2D eigenvalue weighted by Crippen LogP contribution is 2.08. The summed E-state index contributed by atoms with van der Waals surface area (Å²) in [7, 11) is -3.33. The van der Waals surface area contributed by atoms with Gasteiger partial charge in [0.15, 0.2) is 0 Å². The largest absolute Gasteiger partial charge is 0.241 e. The number of para-hydroxylation sites is 1. The zero-order chi connectivity index (χ0) is 16.8. The summed E-state index contributed by atoms with van der Waals surface area (Å²) in [4.78, 5) is 0. The second-order valence-corrected chi connectivity index (χ2v) is 7.32. The molecule has 5 nitrogen and oxygen atoms in total. The minimum absolute atomic E-state index is 0.00286. The predicted octanol–water partition coefficient (Wildman–Crippen LogP) is 2.53. The minimum atomic E-state index is -3.33. The first-order valence-electron chi connectivity index (χ1n) is 7.73. The van der Waals surface area contributed by atoms with Gasteiger partial charge in [-0.1, -0.05) is 48.5 Å². The van der Waals surface area contributed by atoms with Crippen molar-refractivity contribution in [3.63, 3.8) is 0 Å². The van der Waals surface area contributed by atoms with Crippen LogP contribution in [0.4, 0.5) is 0 Å². The Balaban J connectivity index is 1.54. The number of nitrogens with zero attached hydrogens (tertiary/aromatic N) is 2. The Morgan fingerprint density at radius 2 is 1.58 bits per heavy atom. The Hall–Kier alpha value is -2.44. The van der Waals surface area contributed by atoms with Crippen molar-refractivity contribution in [2.24, 2.45) is 0 Å². The van der Waals surface area contributed by atoms with Gasteiger partial charge in [0.05, 0.1) is 17.6 Å². The molecule has 0 aliphatic carbocycles. The van der Waals surface area contributed by atoms with E-state index in [0.29, 0.717) is 13.0 Å². The van der Waals surface area contributed by atoms with E-state index in [1.807, 2.05) is 66.9 Å². The van der Waals surface area contributed by atoms with E-state index in [0.717, 1.165) is 16.8 Å². The lowest BCUT2D eigenvalue weighted by Gasteiger charge is -2.06. The van der Waals surface area contributed by atoms with Crippen LogP contribution in [0.5, 0.6) is 0 Å². The van der Waals surface area contributed by atoms with Gasteiger partial charge in [-0.15, -0.1) is 0 Å². The van der Waals surface area contributed by atoms with Crippen LogP contribution >= 0.6 is 0 Å². The zero-order valence-corrected chi connectivity index (χ0v) is 14.0. The average Bonchev–Trinajstić information content (AvgIpc) is 3.05. The van der Waals surface area contributed by atoms with E-state index in [2.05, 4.69) is 9.82 Å². The fourth-order valence-electron chi connectivity index (χ4n) is 2.41. The molecule has 0 saturated heterocycles. The standard InChI is InChI=1S/C18H19N3O2S/c22-24(23,15-16-7-3-1-4-8-16)20-12-11-17-13-19-21(14-17)18-9-5-2-6-10-18/h1-10,13-14,20H,11-12,15H2. The van der Waals surface area contributed by atoms with Crippen LogP contribution in [0.2, 0.25) is 0 Å². The van der Waals surface area contributed by atoms with Crippen molar-refractivity contribution < 1.29 is 8.42 Å². The van der Waals surface area contributed by atoms with E-state index in [9.17, 15) is 8.42 Å². The summed E-state index contributed by atoms with van der Waals surface area (Å²) in [6.07, 6.45) is 4.28. The SMILES string of the molecule is O=S(=O)(Cc1ccccc1)NCCc1cnn(-c2ccccc2)c1. The Kier molecular flexibility index (Phi) is 5.08. The van der Waals surface area contributed by atoms with E-state index >= 15 is 0 Å². The van der Waals surface area contributed by atoms with Crippen molar-refractivity contribution in [1.29, 1.82) is 0 Å². The number of nitrogens with one attached hydrogen (secondary N) is 1. The summed E-state index contributed by atoms with van der Waals surface area (Å²) >= 11 is 0. The van der Waals surface area contributed by atoms with Gasteiger partial charge in [-0.3, -0.25) is 0 Å². The van der Waals surface area contributed by atoms with Crippen LogP contribution in [0.1, 0.15) is 11.1 Å². The highest BCUT2D eigenvalue weighted by molar-refractivity contribution is 7.88. The maximum absolute atomic E-state index is 12.1. The normalized spacial score (nSPS) is 11.5. The Labute approximate surface area is 142 Å². The monoisotopic (exact) mass is 341 g/mol. The molecule has 0 saturated carbocycles. The zero-order valence-electron chi connectivity index (χ0n) is 13.2. The highest BCUT2D eigenvalue weighted by Gasteiger charge is 2.11. The summed E-state index contributed by atoms with van der Waals surface area (Å²) in [5, 5.41) is 4.31. The van der Waals surface area contributed by atoms with E-state index < -0.39 is 10.0 Å². The Morgan fingerprint density at radius 3 is 2.29 bits per heavy atom. The van der Waals surface area contributed by atoms with Gasteiger partial charge >= 0.3 is 0 Å². The molecule has 6 heteroatoms. The van der Waals surface area contributed by atoms with Crippen LogP contribution in [0.15, 0.2) is 73.1 Å². The van der Waals surface area contributed by atoms with Crippen LogP contribution < -0.4 is 4.72 Å². The molecule has 1 aromatic heterocycles. The van der Waals surface area contributed by atoms with Crippen LogP contribution in [-0.2, 0) is 22.2 Å². The maximum Gasteiger partial charge on any atom is 0.215 e. The number of sulfonamides is 1. The van der Waals surface area contributed by atoms with E-state index in [1.165, 1.54) is 0 Å². The summed E-state index contributed by atoms with van der Waals surface area (Å²) in [5.41, 5.74) is 2.75. The molecule has 24 heavy (non-hydrogen) atoms. The third-order valence-electron chi connectivity index (χ3n) is 3.59. The van der Waals surface area contributed by atoms with Crippen molar-refractivity contribution in [2.45, 2.75) is 12.2 Å². The lowest BCUT2D eigenvalue weighted by Crippen LogP contribution is -2.27. The molecule has 0 fully saturated rings. The third kappa shape index (κ3) is 4.53. The van der Waals surface area contributed by atoms with Crippen molar-refractivity contribution in [2.75, 3.05) is 6.54 Å². The van der Waals surface area contributed by atoms with Gasteiger partial charge in [0, 0.05) is 12.7 Å². The van der Waals surface area contributed by atoms with Crippen molar-refractivity contribution >= 4 is 10.0 Å². The first kappa shape index (κ1) is 16.4. The Morgan fingerprint density at radius 1 is 0.917 bits per heavy atom. The summed E-state index contributed by atoms with van der Waals surface area (Å²) in [5.74, 6) is -0.00286. The third-order valence-corrected chi connectivity index (χ3v) is 4.95. The molecule has 124 valence electrons. The van der Waals surface area contributed by atoms with Crippen LogP contribution in [0.3, 0.4) is 0 Å². The number of benzene rings is 2. The molecule has 0 atom stereocenters. The Bertz CT molecular complexity index is 875. The molecule has 3 aromatic rings. The van der Waals surface area contributed by atoms with Crippen molar-refractivity contribution in [1.82, 2.24) is 14.5 Å². The van der Waals surface area contributed by atoms with Crippen LogP contribution in [0.25, 0.3) is 5.69 Å². The number of aromatic nitrogens is 2.